The number of thiophene rings is 1. The summed E-state index contributed by atoms with van der Waals surface area (Å²) >= 11 is 13.3. The third kappa shape index (κ3) is 2.49. The summed E-state index contributed by atoms with van der Waals surface area (Å²) < 4.78 is 0. The van der Waals surface area contributed by atoms with Crippen LogP contribution >= 0.6 is 34.5 Å². The lowest BCUT2D eigenvalue weighted by molar-refractivity contribution is -0.131. The summed E-state index contributed by atoms with van der Waals surface area (Å²) in [6.45, 7) is 1.87. The molecule has 22 heavy (non-hydrogen) atoms. The molecule has 1 aromatic carbocycles. The number of nitrogens with one attached hydrogen (secondary N) is 1. The van der Waals surface area contributed by atoms with Crippen LogP contribution in [0.15, 0.2) is 35.0 Å². The molecule has 3 rings (SSSR count). The minimum Gasteiger partial charge on any atom is -0.319 e. The Balaban J connectivity index is 1.87. The normalized spacial score (nSPS) is 21.3. The van der Waals surface area contributed by atoms with Gasteiger partial charge in [-0.05, 0) is 47.0 Å². The number of nitrogens with zero attached hydrogens (tertiary/aromatic N) is 1. The van der Waals surface area contributed by atoms with Gasteiger partial charge in [0.2, 0.25) is 0 Å². The molecule has 0 radical (unpaired) electrons. The van der Waals surface area contributed by atoms with Crippen molar-refractivity contribution in [2.75, 3.05) is 0 Å². The molecule has 1 saturated heterocycles. The zero-order chi connectivity index (χ0) is 15.9. The highest BCUT2D eigenvalue weighted by molar-refractivity contribution is 7.08. The van der Waals surface area contributed by atoms with Crippen molar-refractivity contribution in [3.05, 3.63) is 56.2 Å². The van der Waals surface area contributed by atoms with Crippen LogP contribution in [-0.4, -0.2) is 16.8 Å². The maximum Gasteiger partial charge on any atom is 0.325 e. The van der Waals surface area contributed by atoms with Gasteiger partial charge < -0.3 is 5.32 Å². The third-order valence-corrected chi connectivity index (χ3v) is 5.12. The zero-order valence-electron chi connectivity index (χ0n) is 11.6. The highest BCUT2D eigenvalue weighted by atomic mass is 35.5. The van der Waals surface area contributed by atoms with E-state index in [0.29, 0.717) is 10.0 Å². The molecule has 2 heterocycles. The molecule has 1 aliphatic rings. The molecule has 0 aliphatic carbocycles. The second-order valence-electron chi connectivity index (χ2n) is 5.21. The highest BCUT2D eigenvalue weighted by Crippen LogP contribution is 2.31. The second kappa shape index (κ2) is 5.57. The van der Waals surface area contributed by atoms with Crippen LogP contribution < -0.4 is 5.32 Å². The summed E-state index contributed by atoms with van der Waals surface area (Å²) in [5.41, 5.74) is 0.507. The van der Waals surface area contributed by atoms with Crippen molar-refractivity contribution in [2.45, 2.75) is 19.0 Å². The van der Waals surface area contributed by atoms with Gasteiger partial charge in [-0.25, -0.2) is 4.79 Å². The lowest BCUT2D eigenvalue weighted by atomic mass is 9.95. The average Bonchev–Trinajstić information content (AvgIpc) is 3.08. The molecule has 0 bridgehead atoms. The van der Waals surface area contributed by atoms with Gasteiger partial charge in [-0.2, -0.15) is 11.3 Å². The molecule has 0 saturated carbocycles. The molecular weight excluding hydrogens is 343 g/mol. The second-order valence-corrected chi connectivity index (χ2v) is 6.80. The quantitative estimate of drug-likeness (QED) is 0.846. The van der Waals surface area contributed by atoms with Crippen molar-refractivity contribution in [3.8, 4) is 0 Å². The Labute approximate surface area is 141 Å². The van der Waals surface area contributed by atoms with Gasteiger partial charge in [0.15, 0.2) is 0 Å². The summed E-state index contributed by atoms with van der Waals surface area (Å²) in [6.07, 6.45) is 0. The number of benzene rings is 1. The largest absolute Gasteiger partial charge is 0.325 e. The number of halogens is 2. The fourth-order valence-corrected chi connectivity index (χ4v) is 3.49. The molecule has 4 nitrogen and oxygen atoms in total. The van der Waals surface area contributed by atoms with E-state index < -0.39 is 11.6 Å². The fraction of sp³-hybridized carbons (Fsp3) is 0.200. The van der Waals surface area contributed by atoms with E-state index in [4.69, 9.17) is 23.2 Å². The van der Waals surface area contributed by atoms with E-state index in [2.05, 4.69) is 5.32 Å². The lowest BCUT2D eigenvalue weighted by Crippen LogP contribution is -2.40. The van der Waals surface area contributed by atoms with Gasteiger partial charge in [0, 0.05) is 0 Å². The number of carbonyl (C=O) groups is 2. The van der Waals surface area contributed by atoms with E-state index in [1.165, 1.54) is 16.2 Å². The number of urea groups is 1. The lowest BCUT2D eigenvalue weighted by Gasteiger charge is -2.20. The summed E-state index contributed by atoms with van der Waals surface area (Å²) in [7, 11) is 0. The first-order chi connectivity index (χ1) is 10.4. The molecule has 0 spiro atoms. The Morgan fingerprint density at radius 1 is 1.23 bits per heavy atom. The maximum absolute atomic E-state index is 12.7. The van der Waals surface area contributed by atoms with Crippen LogP contribution in [0.2, 0.25) is 10.0 Å². The smallest absolute Gasteiger partial charge is 0.319 e. The number of hydrogen-bond acceptors (Lipinski definition) is 3. The monoisotopic (exact) mass is 354 g/mol. The van der Waals surface area contributed by atoms with Crippen molar-refractivity contribution in [1.29, 1.82) is 0 Å². The molecular formula is C15H12Cl2N2O2S. The summed E-state index contributed by atoms with van der Waals surface area (Å²) in [4.78, 5) is 26.1. The van der Waals surface area contributed by atoms with Gasteiger partial charge in [0.1, 0.15) is 5.54 Å². The molecule has 2 aromatic rings. The fourth-order valence-electron chi connectivity index (χ4n) is 2.41. The van der Waals surface area contributed by atoms with Crippen LogP contribution in [-0.2, 0) is 16.9 Å². The first kappa shape index (κ1) is 15.3. The van der Waals surface area contributed by atoms with E-state index in [0.717, 1.165) is 11.1 Å². The number of imide groups is 1. The molecule has 3 amide bonds. The van der Waals surface area contributed by atoms with Gasteiger partial charge >= 0.3 is 6.03 Å². The number of rotatable bonds is 3. The van der Waals surface area contributed by atoms with Crippen LogP contribution in [0.1, 0.15) is 18.1 Å². The summed E-state index contributed by atoms with van der Waals surface area (Å²) in [5, 5.41) is 7.33. The molecule has 1 fully saturated rings. The van der Waals surface area contributed by atoms with E-state index in [1.807, 2.05) is 16.8 Å². The predicted octanol–water partition coefficient (Wildman–Crippen LogP) is 4.02. The Bertz CT molecular complexity index is 748. The van der Waals surface area contributed by atoms with E-state index >= 15 is 0 Å². The van der Waals surface area contributed by atoms with E-state index in [-0.39, 0.29) is 12.5 Å². The summed E-state index contributed by atoms with van der Waals surface area (Å²) in [6, 6.07) is 6.48. The van der Waals surface area contributed by atoms with Gasteiger partial charge in [0.25, 0.3) is 5.91 Å². The number of hydrogen-bond donors (Lipinski definition) is 1. The van der Waals surface area contributed by atoms with Crippen molar-refractivity contribution in [1.82, 2.24) is 10.2 Å². The van der Waals surface area contributed by atoms with Crippen LogP contribution in [0.25, 0.3) is 0 Å². The zero-order valence-corrected chi connectivity index (χ0v) is 13.9. The number of amides is 3. The Kier molecular flexibility index (Phi) is 3.89. The maximum atomic E-state index is 12.7. The Morgan fingerprint density at radius 2 is 2.00 bits per heavy atom. The highest BCUT2D eigenvalue weighted by Gasteiger charge is 2.49. The minimum atomic E-state index is -1.02. The Hall–Kier alpha value is -1.56. The molecule has 1 unspecified atom stereocenters. The first-order valence-electron chi connectivity index (χ1n) is 6.52. The SMILES string of the molecule is CC1(c2ccsc2)NC(=O)N(Cc2ccc(Cl)c(Cl)c2)C1=O. The van der Waals surface area contributed by atoms with Crippen LogP contribution in [0, 0.1) is 0 Å². The van der Waals surface area contributed by atoms with Crippen molar-refractivity contribution < 1.29 is 9.59 Å². The number of carbonyl (C=O) groups excluding carboxylic acids is 2. The average molecular weight is 355 g/mol. The van der Waals surface area contributed by atoms with Gasteiger partial charge in [-0.3, -0.25) is 9.69 Å². The van der Waals surface area contributed by atoms with Crippen LogP contribution in [0.4, 0.5) is 4.79 Å². The molecule has 1 atom stereocenters. The minimum absolute atomic E-state index is 0.154. The van der Waals surface area contributed by atoms with Crippen molar-refractivity contribution >= 4 is 46.5 Å². The van der Waals surface area contributed by atoms with Crippen molar-refractivity contribution in [3.63, 3.8) is 0 Å². The predicted molar refractivity (Wildman–Crippen MR) is 87.2 cm³/mol. The molecule has 1 aliphatic heterocycles. The molecule has 7 heteroatoms. The van der Waals surface area contributed by atoms with Gasteiger partial charge in [-0.1, -0.05) is 29.3 Å². The van der Waals surface area contributed by atoms with Gasteiger partial charge in [-0.15, -0.1) is 0 Å². The third-order valence-electron chi connectivity index (χ3n) is 3.70. The molecule has 1 aromatic heterocycles. The standard InChI is InChI=1S/C15H12Cl2N2O2S/c1-15(10-4-5-22-8-10)13(20)19(14(21)18-15)7-9-2-3-11(16)12(17)6-9/h2-6,8H,7H2,1H3,(H,18,21). The Morgan fingerprint density at radius 3 is 2.64 bits per heavy atom. The summed E-state index contributed by atoms with van der Waals surface area (Å²) in [5.74, 6) is -0.276. The van der Waals surface area contributed by atoms with Crippen molar-refractivity contribution in [2.24, 2.45) is 0 Å². The van der Waals surface area contributed by atoms with Crippen LogP contribution in [0.3, 0.4) is 0 Å². The first-order valence-corrected chi connectivity index (χ1v) is 8.22. The van der Waals surface area contributed by atoms with Crippen LogP contribution in [0.5, 0.6) is 0 Å². The van der Waals surface area contributed by atoms with E-state index in [9.17, 15) is 9.59 Å². The van der Waals surface area contributed by atoms with E-state index in [1.54, 1.807) is 25.1 Å². The topological polar surface area (TPSA) is 49.4 Å². The molecule has 114 valence electrons. The van der Waals surface area contributed by atoms with Gasteiger partial charge in [0.05, 0.1) is 16.6 Å². The molecule has 1 N–H and O–H groups in total.